The number of hydrogen-bond donors (Lipinski definition) is 3. The van der Waals surface area contributed by atoms with Crippen LogP contribution in [0.5, 0.6) is 0 Å². The van der Waals surface area contributed by atoms with Gasteiger partial charge in [-0.25, -0.2) is 0 Å². The number of carbonyl (C=O) groups excluding carboxylic acids is 1. The molecule has 0 radical (unpaired) electrons. The van der Waals surface area contributed by atoms with E-state index in [0.29, 0.717) is 12.2 Å². The summed E-state index contributed by atoms with van der Waals surface area (Å²) in [6.07, 6.45) is 1.74. The van der Waals surface area contributed by atoms with E-state index in [9.17, 15) is 4.79 Å². The summed E-state index contributed by atoms with van der Waals surface area (Å²) < 4.78 is 0. The standard InChI is InChI=1S/C13H17N5O/c1-13(2)12(19)15-3-4-18(13)11-6-10-8(5-9(11)14)7-16-17-10/h5-7H,3-4,14H2,1-2H3,(H,15,19)(H,16,17). The van der Waals surface area contributed by atoms with Crippen LogP contribution in [0.15, 0.2) is 18.3 Å². The fourth-order valence-corrected chi connectivity index (χ4v) is 2.55. The third-order valence-corrected chi connectivity index (χ3v) is 3.73. The normalized spacial score (nSPS) is 18.6. The first-order chi connectivity index (χ1) is 9.00. The lowest BCUT2D eigenvalue weighted by atomic mass is 9.97. The summed E-state index contributed by atoms with van der Waals surface area (Å²) in [5, 5.41) is 10.8. The Morgan fingerprint density at radius 1 is 1.42 bits per heavy atom. The summed E-state index contributed by atoms with van der Waals surface area (Å²) in [7, 11) is 0. The molecule has 1 aromatic carbocycles. The van der Waals surface area contributed by atoms with E-state index in [-0.39, 0.29) is 5.91 Å². The highest BCUT2D eigenvalue weighted by Gasteiger charge is 2.38. The van der Waals surface area contributed by atoms with Gasteiger partial charge in [-0.15, -0.1) is 0 Å². The average molecular weight is 259 g/mol. The highest BCUT2D eigenvalue weighted by Crippen LogP contribution is 2.33. The van der Waals surface area contributed by atoms with Crippen LogP contribution in [-0.2, 0) is 4.79 Å². The molecule has 0 aliphatic carbocycles. The molecule has 1 aliphatic heterocycles. The largest absolute Gasteiger partial charge is 0.397 e. The number of nitrogens with one attached hydrogen (secondary N) is 2. The molecule has 1 aromatic heterocycles. The zero-order chi connectivity index (χ0) is 13.6. The molecule has 0 atom stereocenters. The third kappa shape index (κ3) is 1.71. The van der Waals surface area contributed by atoms with Crippen LogP contribution in [0.2, 0.25) is 0 Å². The van der Waals surface area contributed by atoms with Gasteiger partial charge in [0, 0.05) is 18.5 Å². The van der Waals surface area contributed by atoms with Crippen molar-refractivity contribution in [3.05, 3.63) is 18.3 Å². The van der Waals surface area contributed by atoms with Crippen LogP contribution in [-0.4, -0.2) is 34.7 Å². The Hall–Kier alpha value is -2.24. The zero-order valence-electron chi connectivity index (χ0n) is 11.0. The number of benzene rings is 1. The number of hydrogen-bond acceptors (Lipinski definition) is 4. The van der Waals surface area contributed by atoms with Crippen molar-refractivity contribution < 1.29 is 4.79 Å². The van der Waals surface area contributed by atoms with Gasteiger partial charge in [-0.2, -0.15) is 5.10 Å². The number of anilines is 2. The van der Waals surface area contributed by atoms with E-state index < -0.39 is 5.54 Å². The molecule has 6 nitrogen and oxygen atoms in total. The Kier molecular flexibility index (Phi) is 2.41. The maximum atomic E-state index is 12.0. The molecule has 1 fully saturated rings. The summed E-state index contributed by atoms with van der Waals surface area (Å²) in [6, 6.07) is 3.84. The number of nitrogen functional groups attached to an aromatic ring is 1. The molecule has 0 spiro atoms. The highest BCUT2D eigenvalue weighted by atomic mass is 16.2. The van der Waals surface area contributed by atoms with Crippen LogP contribution in [0.4, 0.5) is 11.4 Å². The van der Waals surface area contributed by atoms with Crippen molar-refractivity contribution in [3.8, 4) is 0 Å². The molecule has 100 valence electrons. The Balaban J connectivity index is 2.12. The minimum atomic E-state index is -0.611. The van der Waals surface area contributed by atoms with Gasteiger partial charge in [-0.3, -0.25) is 9.89 Å². The number of aromatic amines is 1. The molecule has 4 N–H and O–H groups in total. The molecule has 6 heteroatoms. The van der Waals surface area contributed by atoms with E-state index in [0.717, 1.165) is 23.1 Å². The molecule has 19 heavy (non-hydrogen) atoms. The highest BCUT2D eigenvalue weighted by molar-refractivity contribution is 5.95. The number of aromatic nitrogens is 2. The predicted octanol–water partition coefficient (Wildman–Crippen LogP) is 0.860. The molecule has 1 aliphatic rings. The average Bonchev–Trinajstić information content (AvgIpc) is 2.79. The number of H-pyrrole nitrogens is 1. The number of rotatable bonds is 1. The molecule has 0 bridgehead atoms. The maximum absolute atomic E-state index is 12.0. The SMILES string of the molecule is CC1(C)C(=O)NCCN1c1cc2[nH]ncc2cc1N. The van der Waals surface area contributed by atoms with Gasteiger partial charge in [0.25, 0.3) is 0 Å². The molecule has 0 saturated carbocycles. The van der Waals surface area contributed by atoms with Crippen molar-refractivity contribution in [2.45, 2.75) is 19.4 Å². The molecule has 2 aromatic rings. The molecule has 3 rings (SSSR count). The summed E-state index contributed by atoms with van der Waals surface area (Å²) in [6.45, 7) is 5.17. The minimum absolute atomic E-state index is 0.0165. The first-order valence-electron chi connectivity index (χ1n) is 6.28. The van der Waals surface area contributed by atoms with Gasteiger partial charge in [0.2, 0.25) is 5.91 Å². The molecular formula is C13H17N5O. The summed E-state index contributed by atoms with van der Waals surface area (Å²) in [5.41, 5.74) is 7.97. The lowest BCUT2D eigenvalue weighted by molar-refractivity contribution is -0.126. The second-order valence-electron chi connectivity index (χ2n) is 5.33. The van der Waals surface area contributed by atoms with Crippen molar-refractivity contribution in [1.82, 2.24) is 15.5 Å². The summed E-state index contributed by atoms with van der Waals surface area (Å²) in [5.74, 6) is 0.0165. The van der Waals surface area contributed by atoms with Crippen LogP contribution >= 0.6 is 0 Å². The fourth-order valence-electron chi connectivity index (χ4n) is 2.55. The van der Waals surface area contributed by atoms with E-state index in [1.807, 2.05) is 30.9 Å². The van der Waals surface area contributed by atoms with Gasteiger partial charge in [0.15, 0.2) is 0 Å². The topological polar surface area (TPSA) is 87.0 Å². The predicted molar refractivity (Wildman–Crippen MR) is 74.9 cm³/mol. The first-order valence-corrected chi connectivity index (χ1v) is 6.28. The van der Waals surface area contributed by atoms with Crippen LogP contribution < -0.4 is 16.0 Å². The van der Waals surface area contributed by atoms with Crippen LogP contribution in [0.1, 0.15) is 13.8 Å². The number of carbonyl (C=O) groups is 1. The van der Waals surface area contributed by atoms with Crippen molar-refractivity contribution in [1.29, 1.82) is 0 Å². The second kappa shape index (κ2) is 3.88. The van der Waals surface area contributed by atoms with Gasteiger partial charge in [0.05, 0.1) is 23.1 Å². The van der Waals surface area contributed by atoms with Crippen LogP contribution in [0.25, 0.3) is 10.9 Å². The van der Waals surface area contributed by atoms with Gasteiger partial charge in [-0.1, -0.05) is 0 Å². The molecule has 0 unspecified atom stereocenters. The molecule has 1 amide bonds. The number of fused-ring (bicyclic) bond motifs is 1. The van der Waals surface area contributed by atoms with Crippen molar-refractivity contribution in [2.75, 3.05) is 23.7 Å². The third-order valence-electron chi connectivity index (χ3n) is 3.73. The van der Waals surface area contributed by atoms with Crippen molar-refractivity contribution in [3.63, 3.8) is 0 Å². The minimum Gasteiger partial charge on any atom is -0.397 e. The lowest BCUT2D eigenvalue weighted by Gasteiger charge is -2.43. The van der Waals surface area contributed by atoms with Crippen LogP contribution in [0, 0.1) is 0 Å². The van der Waals surface area contributed by atoms with Crippen molar-refractivity contribution in [2.24, 2.45) is 0 Å². The van der Waals surface area contributed by atoms with Gasteiger partial charge < -0.3 is 16.0 Å². The van der Waals surface area contributed by atoms with E-state index in [1.54, 1.807) is 6.20 Å². The van der Waals surface area contributed by atoms with Gasteiger partial charge in [0.1, 0.15) is 5.54 Å². The zero-order valence-corrected chi connectivity index (χ0v) is 11.0. The second-order valence-corrected chi connectivity index (χ2v) is 5.33. The quantitative estimate of drug-likeness (QED) is 0.663. The van der Waals surface area contributed by atoms with Gasteiger partial charge in [-0.05, 0) is 26.0 Å². The Labute approximate surface area is 111 Å². The Morgan fingerprint density at radius 3 is 3.00 bits per heavy atom. The maximum Gasteiger partial charge on any atom is 0.245 e. The molecular weight excluding hydrogens is 242 g/mol. The van der Waals surface area contributed by atoms with E-state index in [4.69, 9.17) is 5.73 Å². The summed E-state index contributed by atoms with van der Waals surface area (Å²) >= 11 is 0. The fraction of sp³-hybridized carbons (Fsp3) is 0.385. The van der Waals surface area contributed by atoms with E-state index in [1.165, 1.54) is 0 Å². The lowest BCUT2D eigenvalue weighted by Crippen LogP contribution is -2.62. The van der Waals surface area contributed by atoms with Gasteiger partial charge >= 0.3 is 0 Å². The number of piperazine rings is 1. The Bertz CT molecular complexity index is 646. The number of nitrogens with zero attached hydrogens (tertiary/aromatic N) is 2. The Morgan fingerprint density at radius 2 is 2.21 bits per heavy atom. The molecule has 2 heterocycles. The smallest absolute Gasteiger partial charge is 0.245 e. The summed E-state index contributed by atoms with van der Waals surface area (Å²) in [4.78, 5) is 14.1. The van der Waals surface area contributed by atoms with Crippen molar-refractivity contribution >= 4 is 28.2 Å². The number of amides is 1. The van der Waals surface area contributed by atoms with E-state index >= 15 is 0 Å². The monoisotopic (exact) mass is 259 g/mol. The van der Waals surface area contributed by atoms with E-state index in [2.05, 4.69) is 15.5 Å². The van der Waals surface area contributed by atoms with Crippen LogP contribution in [0.3, 0.4) is 0 Å². The molecule has 1 saturated heterocycles. The number of nitrogens with two attached hydrogens (primary N) is 1. The first kappa shape index (κ1) is 11.8.